The summed E-state index contributed by atoms with van der Waals surface area (Å²) < 4.78 is 24.3. The number of aliphatic hydroxyl groups excluding tert-OH is 1. The molecule has 0 aliphatic carbocycles. The molecule has 1 aliphatic heterocycles. The number of hydrogen-bond acceptors (Lipinski definition) is 4. The van der Waals surface area contributed by atoms with Crippen LogP contribution in [-0.4, -0.2) is 49.9 Å². The first-order valence-electron chi connectivity index (χ1n) is 6.36. The van der Waals surface area contributed by atoms with Crippen molar-refractivity contribution in [1.82, 2.24) is 4.90 Å². The Morgan fingerprint density at radius 1 is 1.32 bits per heavy atom. The van der Waals surface area contributed by atoms with Gasteiger partial charge in [-0.25, -0.2) is 8.42 Å². The average Bonchev–Trinajstić information content (AvgIpc) is 2.37. The third kappa shape index (κ3) is 4.18. The summed E-state index contributed by atoms with van der Waals surface area (Å²) in [6, 6.07) is 6.23. The van der Waals surface area contributed by atoms with Crippen LogP contribution in [0.5, 0.6) is 0 Å². The van der Waals surface area contributed by atoms with Crippen molar-refractivity contribution < 1.29 is 13.5 Å². The van der Waals surface area contributed by atoms with E-state index in [4.69, 9.17) is 11.6 Å². The molecular formula is C13H18ClNO3S. The van der Waals surface area contributed by atoms with Gasteiger partial charge in [0.1, 0.15) is 0 Å². The van der Waals surface area contributed by atoms with Crippen LogP contribution in [0.4, 0.5) is 0 Å². The molecule has 4 nitrogen and oxygen atoms in total. The van der Waals surface area contributed by atoms with Gasteiger partial charge in [0.2, 0.25) is 0 Å². The first kappa shape index (κ1) is 14.8. The topological polar surface area (TPSA) is 57.6 Å². The van der Waals surface area contributed by atoms with Gasteiger partial charge < -0.3 is 5.11 Å². The Bertz CT molecular complexity index is 515. The second-order valence-corrected chi connectivity index (χ2v) is 7.42. The predicted molar refractivity (Wildman–Crippen MR) is 75.2 cm³/mol. The van der Waals surface area contributed by atoms with E-state index in [0.717, 1.165) is 19.4 Å². The number of halogens is 1. The van der Waals surface area contributed by atoms with E-state index in [2.05, 4.69) is 0 Å². The van der Waals surface area contributed by atoms with Crippen molar-refractivity contribution in [3.05, 3.63) is 29.3 Å². The molecule has 0 aromatic heterocycles. The summed E-state index contributed by atoms with van der Waals surface area (Å²) >= 11 is 5.75. The highest BCUT2D eigenvalue weighted by Crippen LogP contribution is 2.16. The molecule has 1 aromatic rings. The fourth-order valence-electron chi connectivity index (χ4n) is 2.24. The monoisotopic (exact) mass is 303 g/mol. The van der Waals surface area contributed by atoms with Gasteiger partial charge in [-0.1, -0.05) is 11.6 Å². The first-order chi connectivity index (χ1) is 8.97. The number of piperidine rings is 1. The molecule has 0 bridgehead atoms. The van der Waals surface area contributed by atoms with Gasteiger partial charge in [0, 0.05) is 18.1 Å². The van der Waals surface area contributed by atoms with Crippen molar-refractivity contribution in [2.24, 2.45) is 0 Å². The van der Waals surface area contributed by atoms with Gasteiger partial charge >= 0.3 is 0 Å². The number of nitrogens with zero attached hydrogens (tertiary/aromatic N) is 1. The number of rotatable bonds is 4. The van der Waals surface area contributed by atoms with Gasteiger partial charge in [-0.05, 0) is 43.7 Å². The van der Waals surface area contributed by atoms with Gasteiger partial charge in [-0.3, -0.25) is 4.90 Å². The van der Waals surface area contributed by atoms with E-state index in [-0.39, 0.29) is 11.9 Å². The number of β-amino-alcohol motifs (C(OH)–C–C–N with tert-alkyl or cyclic N) is 1. The summed E-state index contributed by atoms with van der Waals surface area (Å²) in [6.07, 6.45) is 1.40. The molecule has 0 spiro atoms. The molecule has 0 saturated carbocycles. The fourth-order valence-corrected chi connectivity index (χ4v) is 3.65. The second-order valence-electron chi connectivity index (χ2n) is 4.87. The quantitative estimate of drug-likeness (QED) is 0.917. The smallest absolute Gasteiger partial charge is 0.179 e. The minimum Gasteiger partial charge on any atom is -0.392 e. The third-order valence-corrected chi connectivity index (χ3v) is 5.29. The van der Waals surface area contributed by atoms with Crippen molar-refractivity contribution >= 4 is 21.4 Å². The lowest BCUT2D eigenvalue weighted by Gasteiger charge is -2.29. The molecule has 0 unspecified atom stereocenters. The van der Waals surface area contributed by atoms with Crippen molar-refractivity contribution in [1.29, 1.82) is 0 Å². The largest absolute Gasteiger partial charge is 0.392 e. The molecule has 106 valence electrons. The van der Waals surface area contributed by atoms with Crippen molar-refractivity contribution in [3.63, 3.8) is 0 Å². The zero-order valence-electron chi connectivity index (χ0n) is 10.6. The Hall–Kier alpha value is -0.620. The van der Waals surface area contributed by atoms with Crippen LogP contribution in [0.3, 0.4) is 0 Å². The lowest BCUT2D eigenvalue weighted by atomic mass is 10.1. The highest BCUT2D eigenvalue weighted by molar-refractivity contribution is 7.91. The van der Waals surface area contributed by atoms with Crippen LogP contribution in [0.25, 0.3) is 0 Å². The van der Waals surface area contributed by atoms with Crippen LogP contribution in [-0.2, 0) is 9.84 Å². The Labute approximate surface area is 118 Å². The van der Waals surface area contributed by atoms with Gasteiger partial charge in [-0.15, -0.1) is 0 Å². The summed E-state index contributed by atoms with van der Waals surface area (Å²) in [4.78, 5) is 2.30. The number of sulfone groups is 1. The van der Waals surface area contributed by atoms with Crippen LogP contribution in [0, 0.1) is 0 Å². The molecule has 0 amide bonds. The maximum atomic E-state index is 12.1. The number of benzene rings is 1. The van der Waals surface area contributed by atoms with Crippen LogP contribution in [0.2, 0.25) is 5.02 Å². The average molecular weight is 304 g/mol. The fraction of sp³-hybridized carbons (Fsp3) is 0.538. The van der Waals surface area contributed by atoms with E-state index in [0.29, 0.717) is 23.0 Å². The van der Waals surface area contributed by atoms with E-state index in [1.807, 2.05) is 4.90 Å². The first-order valence-corrected chi connectivity index (χ1v) is 8.39. The molecule has 1 atom stereocenters. The normalized spacial score (nSPS) is 21.5. The molecule has 1 fully saturated rings. The summed E-state index contributed by atoms with van der Waals surface area (Å²) in [5.74, 6) is 0.0708. The van der Waals surface area contributed by atoms with E-state index in [1.54, 1.807) is 12.1 Å². The highest BCUT2D eigenvalue weighted by atomic mass is 35.5. The Morgan fingerprint density at radius 2 is 2.00 bits per heavy atom. The molecule has 2 rings (SSSR count). The summed E-state index contributed by atoms with van der Waals surface area (Å²) in [6.45, 7) is 1.88. The van der Waals surface area contributed by atoms with Crippen molar-refractivity contribution in [2.45, 2.75) is 23.8 Å². The number of likely N-dealkylation sites (tertiary alicyclic amines) is 1. The number of aliphatic hydroxyl groups is 1. The molecule has 1 aliphatic rings. The molecule has 0 radical (unpaired) electrons. The molecule has 19 heavy (non-hydrogen) atoms. The van der Waals surface area contributed by atoms with Crippen LogP contribution in [0.1, 0.15) is 12.8 Å². The third-order valence-electron chi connectivity index (χ3n) is 3.33. The zero-order chi connectivity index (χ0) is 13.9. The maximum Gasteiger partial charge on any atom is 0.179 e. The van der Waals surface area contributed by atoms with E-state index >= 15 is 0 Å². The van der Waals surface area contributed by atoms with Gasteiger partial charge in [0.25, 0.3) is 0 Å². The summed E-state index contributed by atoms with van der Waals surface area (Å²) in [5, 5.41) is 10.1. The summed E-state index contributed by atoms with van der Waals surface area (Å²) in [5.41, 5.74) is 0. The van der Waals surface area contributed by atoms with Crippen LogP contribution >= 0.6 is 11.6 Å². The predicted octanol–water partition coefficient (Wildman–Crippen LogP) is 1.57. The summed E-state index contributed by atoms with van der Waals surface area (Å²) in [7, 11) is -3.28. The maximum absolute atomic E-state index is 12.1. The Morgan fingerprint density at radius 3 is 2.63 bits per heavy atom. The van der Waals surface area contributed by atoms with Crippen molar-refractivity contribution in [3.8, 4) is 0 Å². The molecular weight excluding hydrogens is 286 g/mol. The minimum atomic E-state index is -3.28. The second kappa shape index (κ2) is 6.22. The lowest BCUT2D eigenvalue weighted by molar-refractivity contribution is 0.0741. The van der Waals surface area contributed by atoms with E-state index < -0.39 is 9.84 Å². The van der Waals surface area contributed by atoms with Gasteiger partial charge in [-0.2, -0.15) is 0 Å². The lowest BCUT2D eigenvalue weighted by Crippen LogP contribution is -2.40. The zero-order valence-corrected chi connectivity index (χ0v) is 12.2. The molecule has 1 saturated heterocycles. The molecule has 6 heteroatoms. The van der Waals surface area contributed by atoms with E-state index in [1.165, 1.54) is 12.1 Å². The minimum absolute atomic E-state index is 0.0708. The highest BCUT2D eigenvalue weighted by Gasteiger charge is 2.21. The Balaban J connectivity index is 1.96. The van der Waals surface area contributed by atoms with E-state index in [9.17, 15) is 13.5 Å². The SMILES string of the molecule is O=S(=O)(CCN1CCC[C@H](O)C1)c1ccc(Cl)cc1. The van der Waals surface area contributed by atoms with Crippen LogP contribution in [0.15, 0.2) is 29.2 Å². The van der Waals surface area contributed by atoms with Crippen molar-refractivity contribution in [2.75, 3.05) is 25.4 Å². The Kier molecular flexibility index (Phi) is 4.84. The standard InChI is InChI=1S/C13H18ClNO3S/c14-11-3-5-13(6-4-11)19(17,18)9-8-15-7-1-2-12(16)10-15/h3-6,12,16H,1-2,7-10H2/t12-/m0/s1. The van der Waals surface area contributed by atoms with Gasteiger partial charge in [0.05, 0.1) is 16.8 Å². The molecule has 1 N–H and O–H groups in total. The van der Waals surface area contributed by atoms with Gasteiger partial charge in [0.15, 0.2) is 9.84 Å². The molecule has 1 aromatic carbocycles. The van der Waals surface area contributed by atoms with Crippen LogP contribution < -0.4 is 0 Å². The number of hydrogen-bond donors (Lipinski definition) is 1. The molecule has 1 heterocycles.